The number of rotatable bonds is 1. The Morgan fingerprint density at radius 2 is 2.50 bits per heavy atom. The van der Waals surface area contributed by atoms with Gasteiger partial charge in [0.2, 0.25) is 5.91 Å². The predicted molar refractivity (Wildman–Crippen MR) is 53.9 cm³/mol. The second-order valence-corrected chi connectivity index (χ2v) is 4.15. The molecule has 1 fully saturated rings. The second-order valence-electron chi connectivity index (χ2n) is 4.15. The van der Waals surface area contributed by atoms with Crippen LogP contribution in [0.4, 0.5) is 0 Å². The van der Waals surface area contributed by atoms with Crippen molar-refractivity contribution >= 4 is 5.91 Å². The van der Waals surface area contributed by atoms with Crippen LogP contribution in [-0.4, -0.2) is 37.1 Å². The van der Waals surface area contributed by atoms with Crippen LogP contribution in [0.5, 0.6) is 0 Å². The van der Waals surface area contributed by atoms with Crippen molar-refractivity contribution in [2.45, 2.75) is 19.8 Å². The molecule has 2 rings (SSSR count). The summed E-state index contributed by atoms with van der Waals surface area (Å²) in [5.74, 6) is 0.410. The maximum Gasteiger partial charge on any atom is 0.228 e. The molecule has 1 saturated heterocycles. The maximum absolute atomic E-state index is 11.9. The van der Waals surface area contributed by atoms with E-state index in [0.717, 1.165) is 32.5 Å². The van der Waals surface area contributed by atoms with Crippen LogP contribution in [0, 0.1) is 5.92 Å². The van der Waals surface area contributed by atoms with Crippen LogP contribution in [-0.2, 0) is 9.53 Å². The van der Waals surface area contributed by atoms with Gasteiger partial charge in [-0.25, -0.2) is 0 Å². The quantitative estimate of drug-likeness (QED) is 0.588. The lowest BCUT2D eigenvalue weighted by molar-refractivity contribution is -0.135. The maximum atomic E-state index is 11.9. The van der Waals surface area contributed by atoms with Gasteiger partial charge >= 0.3 is 0 Å². The zero-order valence-electron chi connectivity index (χ0n) is 8.66. The molecule has 0 radical (unpaired) electrons. The van der Waals surface area contributed by atoms with Gasteiger partial charge in [0, 0.05) is 19.7 Å². The van der Waals surface area contributed by atoms with Crippen molar-refractivity contribution in [1.29, 1.82) is 0 Å². The summed E-state index contributed by atoms with van der Waals surface area (Å²) in [6.07, 6.45) is 4.08. The molecule has 3 nitrogen and oxygen atoms in total. The average molecular weight is 195 g/mol. The van der Waals surface area contributed by atoms with Crippen molar-refractivity contribution in [3.63, 3.8) is 0 Å². The van der Waals surface area contributed by atoms with E-state index >= 15 is 0 Å². The van der Waals surface area contributed by atoms with Gasteiger partial charge in [0.15, 0.2) is 0 Å². The SMILES string of the molecule is CC1=CCN(C(=O)C2CCOC2)CC1. The van der Waals surface area contributed by atoms with Crippen LogP contribution in [0.2, 0.25) is 0 Å². The van der Waals surface area contributed by atoms with Crippen LogP contribution in [0.3, 0.4) is 0 Å². The van der Waals surface area contributed by atoms with E-state index in [0.29, 0.717) is 6.61 Å². The molecular weight excluding hydrogens is 178 g/mol. The summed E-state index contributed by atoms with van der Waals surface area (Å²) in [5, 5.41) is 0. The molecule has 0 aliphatic carbocycles. The number of hydrogen-bond acceptors (Lipinski definition) is 2. The van der Waals surface area contributed by atoms with E-state index in [1.54, 1.807) is 0 Å². The van der Waals surface area contributed by atoms with Crippen LogP contribution in [0.25, 0.3) is 0 Å². The van der Waals surface area contributed by atoms with Gasteiger partial charge < -0.3 is 9.64 Å². The number of hydrogen-bond donors (Lipinski definition) is 0. The molecule has 1 unspecified atom stereocenters. The third-order valence-corrected chi connectivity index (χ3v) is 3.03. The molecule has 0 bridgehead atoms. The summed E-state index contributed by atoms with van der Waals surface area (Å²) >= 11 is 0. The van der Waals surface area contributed by atoms with Crippen molar-refractivity contribution in [3.8, 4) is 0 Å². The summed E-state index contributed by atoms with van der Waals surface area (Å²) < 4.78 is 5.23. The van der Waals surface area contributed by atoms with Crippen LogP contribution in [0.1, 0.15) is 19.8 Å². The molecule has 0 N–H and O–H groups in total. The fourth-order valence-corrected chi connectivity index (χ4v) is 1.96. The minimum Gasteiger partial charge on any atom is -0.381 e. The van der Waals surface area contributed by atoms with Gasteiger partial charge in [0.1, 0.15) is 0 Å². The molecule has 0 aromatic rings. The van der Waals surface area contributed by atoms with Gasteiger partial charge in [-0.1, -0.05) is 11.6 Å². The monoisotopic (exact) mass is 195 g/mol. The Balaban J connectivity index is 1.92. The molecule has 0 aromatic carbocycles. The first kappa shape index (κ1) is 9.71. The van der Waals surface area contributed by atoms with Crippen LogP contribution < -0.4 is 0 Å². The van der Waals surface area contributed by atoms with E-state index in [1.165, 1.54) is 5.57 Å². The first-order valence-electron chi connectivity index (χ1n) is 5.29. The summed E-state index contributed by atoms with van der Waals surface area (Å²) in [7, 11) is 0. The van der Waals surface area contributed by atoms with Gasteiger partial charge in [0.25, 0.3) is 0 Å². The molecule has 2 heterocycles. The Morgan fingerprint density at radius 1 is 1.64 bits per heavy atom. The van der Waals surface area contributed by atoms with Gasteiger partial charge in [0.05, 0.1) is 12.5 Å². The van der Waals surface area contributed by atoms with Gasteiger partial charge in [-0.05, 0) is 19.8 Å². The number of ether oxygens (including phenoxy) is 1. The van der Waals surface area contributed by atoms with Crippen LogP contribution >= 0.6 is 0 Å². The van der Waals surface area contributed by atoms with Crippen molar-refractivity contribution in [2.75, 3.05) is 26.3 Å². The highest BCUT2D eigenvalue weighted by Gasteiger charge is 2.28. The molecule has 2 aliphatic heterocycles. The molecule has 0 spiro atoms. The molecule has 0 aromatic heterocycles. The minimum atomic E-state index is 0.127. The molecule has 0 saturated carbocycles. The topological polar surface area (TPSA) is 29.5 Å². The second kappa shape index (κ2) is 4.13. The van der Waals surface area contributed by atoms with E-state index < -0.39 is 0 Å². The first-order valence-corrected chi connectivity index (χ1v) is 5.29. The molecule has 78 valence electrons. The average Bonchev–Trinajstić information content (AvgIpc) is 2.71. The zero-order valence-corrected chi connectivity index (χ0v) is 8.66. The third kappa shape index (κ3) is 1.98. The zero-order chi connectivity index (χ0) is 9.97. The molecule has 14 heavy (non-hydrogen) atoms. The fourth-order valence-electron chi connectivity index (χ4n) is 1.96. The van der Waals surface area contributed by atoms with E-state index in [9.17, 15) is 4.79 Å². The largest absolute Gasteiger partial charge is 0.381 e. The fraction of sp³-hybridized carbons (Fsp3) is 0.727. The van der Waals surface area contributed by atoms with Crippen molar-refractivity contribution in [3.05, 3.63) is 11.6 Å². The predicted octanol–water partition coefficient (Wildman–Crippen LogP) is 1.20. The minimum absolute atomic E-state index is 0.127. The highest BCUT2D eigenvalue weighted by Crippen LogP contribution is 2.18. The summed E-state index contributed by atoms with van der Waals surface area (Å²) in [4.78, 5) is 13.9. The Bertz CT molecular complexity index is 254. The Morgan fingerprint density at radius 3 is 3.07 bits per heavy atom. The van der Waals surface area contributed by atoms with E-state index in [4.69, 9.17) is 4.74 Å². The molecule has 1 atom stereocenters. The molecule has 2 aliphatic rings. The summed E-state index contributed by atoms with van der Waals surface area (Å²) in [6.45, 7) is 5.18. The van der Waals surface area contributed by atoms with Gasteiger partial charge in [-0.15, -0.1) is 0 Å². The smallest absolute Gasteiger partial charge is 0.228 e. The number of nitrogens with zero attached hydrogens (tertiary/aromatic N) is 1. The normalized spacial score (nSPS) is 27.6. The number of amides is 1. The number of carbonyl (C=O) groups is 1. The highest BCUT2D eigenvalue weighted by molar-refractivity contribution is 5.79. The van der Waals surface area contributed by atoms with Crippen LogP contribution in [0.15, 0.2) is 11.6 Å². The van der Waals surface area contributed by atoms with Crippen molar-refractivity contribution < 1.29 is 9.53 Å². The Labute approximate surface area is 84.7 Å². The summed E-state index contributed by atoms with van der Waals surface area (Å²) in [5.41, 5.74) is 1.40. The summed E-state index contributed by atoms with van der Waals surface area (Å²) in [6, 6.07) is 0. The lowest BCUT2D eigenvalue weighted by Gasteiger charge is -2.27. The molecule has 3 heteroatoms. The standard InChI is InChI=1S/C11H17NO2/c1-9-2-5-12(6-3-9)11(13)10-4-7-14-8-10/h2,10H,3-8H2,1H3. The van der Waals surface area contributed by atoms with E-state index in [2.05, 4.69) is 13.0 Å². The molecular formula is C11H17NO2. The van der Waals surface area contributed by atoms with E-state index in [-0.39, 0.29) is 11.8 Å². The first-order chi connectivity index (χ1) is 6.77. The highest BCUT2D eigenvalue weighted by atomic mass is 16.5. The number of carbonyl (C=O) groups excluding carboxylic acids is 1. The Hall–Kier alpha value is -0.830. The molecule has 1 amide bonds. The third-order valence-electron chi connectivity index (χ3n) is 3.03. The van der Waals surface area contributed by atoms with Crippen molar-refractivity contribution in [2.24, 2.45) is 5.92 Å². The lowest BCUT2D eigenvalue weighted by atomic mass is 10.0. The Kier molecular flexibility index (Phi) is 2.87. The van der Waals surface area contributed by atoms with Crippen molar-refractivity contribution in [1.82, 2.24) is 4.90 Å². The van der Waals surface area contributed by atoms with Gasteiger partial charge in [-0.3, -0.25) is 4.79 Å². The van der Waals surface area contributed by atoms with E-state index in [1.807, 2.05) is 4.90 Å². The lowest BCUT2D eigenvalue weighted by Crippen LogP contribution is -2.39. The van der Waals surface area contributed by atoms with Gasteiger partial charge in [-0.2, -0.15) is 0 Å².